The van der Waals surface area contributed by atoms with Crippen LogP contribution < -0.4 is 0 Å². The molecule has 0 rings (SSSR count). The molecule has 0 aromatic carbocycles. The normalized spacial score (nSPS) is 12.1. The second-order valence-electron chi connectivity index (χ2n) is 7.54. The minimum Gasteiger partial charge on any atom is -0.480 e. The number of rotatable bonds is 28. The molecule has 1 atom stereocenters. The van der Waals surface area contributed by atoms with Crippen molar-refractivity contribution < 1.29 is 52.6 Å². The predicted molar refractivity (Wildman–Crippen MR) is 128 cm³/mol. The molecule has 11 heteroatoms. The first-order chi connectivity index (χ1) is 17.1. The summed E-state index contributed by atoms with van der Waals surface area (Å²) in [7, 11) is 0. The topological polar surface area (TPSA) is 128 Å². The highest BCUT2D eigenvalue weighted by Gasteiger charge is 2.16. The third kappa shape index (κ3) is 25.6. The fourth-order valence-electron chi connectivity index (χ4n) is 2.74. The number of esters is 1. The van der Waals surface area contributed by atoms with E-state index in [4.69, 9.17) is 43.0 Å². The van der Waals surface area contributed by atoms with Gasteiger partial charge in [-0.15, -0.1) is 0 Å². The fourth-order valence-corrected chi connectivity index (χ4v) is 2.74. The molecular formula is C24H46O11. The fraction of sp³-hybridized carbons (Fsp3) is 0.917. The summed E-state index contributed by atoms with van der Waals surface area (Å²) in [5.41, 5.74) is 0. The van der Waals surface area contributed by atoms with Crippen molar-refractivity contribution in [1.29, 1.82) is 0 Å². The van der Waals surface area contributed by atoms with E-state index in [9.17, 15) is 9.59 Å². The number of hydrogen-bond acceptors (Lipinski definition) is 10. The van der Waals surface area contributed by atoms with Crippen LogP contribution in [0.3, 0.4) is 0 Å². The van der Waals surface area contributed by atoms with Gasteiger partial charge in [-0.25, -0.2) is 4.79 Å². The maximum Gasteiger partial charge on any atom is 0.329 e. The molecule has 208 valence electrons. The average molecular weight is 511 g/mol. The van der Waals surface area contributed by atoms with Gasteiger partial charge >= 0.3 is 11.9 Å². The van der Waals surface area contributed by atoms with Crippen molar-refractivity contribution in [3.8, 4) is 0 Å². The molecule has 1 unspecified atom stereocenters. The summed E-state index contributed by atoms with van der Waals surface area (Å²) in [5, 5.41) is 8.40. The second kappa shape index (κ2) is 27.3. The maximum atomic E-state index is 12.0. The highest BCUT2D eigenvalue weighted by atomic mass is 16.6. The van der Waals surface area contributed by atoms with Crippen LogP contribution in [0.25, 0.3) is 0 Å². The lowest BCUT2D eigenvalue weighted by Crippen LogP contribution is -2.20. The summed E-state index contributed by atoms with van der Waals surface area (Å²) in [6.07, 6.45) is 3.82. The summed E-state index contributed by atoms with van der Waals surface area (Å²) in [4.78, 5) is 22.2. The first-order valence-electron chi connectivity index (χ1n) is 12.5. The van der Waals surface area contributed by atoms with E-state index >= 15 is 0 Å². The summed E-state index contributed by atoms with van der Waals surface area (Å²) in [6.45, 7) is 9.58. The molecule has 0 aliphatic rings. The molecule has 0 aromatic rings. The maximum absolute atomic E-state index is 12.0. The molecule has 0 saturated carbocycles. The Morgan fingerprint density at radius 3 is 1.31 bits per heavy atom. The molecule has 35 heavy (non-hydrogen) atoms. The van der Waals surface area contributed by atoms with Crippen LogP contribution in [0.5, 0.6) is 0 Å². The Morgan fingerprint density at radius 1 is 0.600 bits per heavy atom. The van der Waals surface area contributed by atoms with Gasteiger partial charge in [0.2, 0.25) is 0 Å². The number of carbonyl (C=O) groups excluding carboxylic acids is 1. The Morgan fingerprint density at radius 2 is 0.971 bits per heavy atom. The first-order valence-corrected chi connectivity index (χ1v) is 12.5. The molecule has 0 aliphatic heterocycles. The Labute approximate surface area is 209 Å². The van der Waals surface area contributed by atoms with Crippen molar-refractivity contribution >= 4 is 11.9 Å². The third-order valence-corrected chi connectivity index (χ3v) is 4.66. The Balaban J connectivity index is 3.19. The first kappa shape index (κ1) is 33.7. The molecule has 1 N–H and O–H groups in total. The zero-order chi connectivity index (χ0) is 25.8. The largest absolute Gasteiger partial charge is 0.480 e. The molecule has 0 aliphatic carbocycles. The predicted octanol–water partition coefficient (Wildman–Crippen LogP) is 1.95. The van der Waals surface area contributed by atoms with Gasteiger partial charge in [-0.3, -0.25) is 4.79 Å². The summed E-state index contributed by atoms with van der Waals surface area (Å²) in [6, 6.07) is 0. The molecule has 0 amide bonds. The van der Waals surface area contributed by atoms with Crippen LogP contribution in [-0.2, 0) is 47.5 Å². The van der Waals surface area contributed by atoms with Gasteiger partial charge in [0, 0.05) is 0 Å². The molecule has 0 aromatic heterocycles. The summed E-state index contributed by atoms with van der Waals surface area (Å²) in [5.74, 6) is -1.13. The molecule has 0 spiro atoms. The Hall–Kier alpha value is -1.34. The number of hydrogen-bond donors (Lipinski definition) is 1. The van der Waals surface area contributed by atoms with Crippen molar-refractivity contribution in [2.24, 2.45) is 5.92 Å². The van der Waals surface area contributed by atoms with Crippen LogP contribution in [0.1, 0.15) is 39.5 Å². The molecule has 0 radical (unpaired) electrons. The van der Waals surface area contributed by atoms with E-state index < -0.39 is 5.97 Å². The van der Waals surface area contributed by atoms with Gasteiger partial charge in [0.05, 0.1) is 91.8 Å². The summed E-state index contributed by atoms with van der Waals surface area (Å²) < 4.78 is 42.3. The van der Waals surface area contributed by atoms with Gasteiger partial charge in [-0.05, 0) is 12.8 Å². The van der Waals surface area contributed by atoms with Gasteiger partial charge in [0.1, 0.15) is 13.2 Å². The van der Waals surface area contributed by atoms with E-state index in [1.165, 1.54) is 0 Å². The number of carboxylic acid groups (broad SMARTS) is 1. The highest BCUT2D eigenvalue weighted by Crippen LogP contribution is 2.14. The molecule has 0 fully saturated rings. The number of unbranched alkanes of at least 4 members (excludes halogenated alkanes) is 1. The lowest BCUT2D eigenvalue weighted by atomic mass is 10.00. The zero-order valence-electron chi connectivity index (χ0n) is 21.5. The SMILES string of the molecule is CCCCC(CC)C(=O)OCCOCCOCCOCCOCCOCCOCCOCC(=O)O. The van der Waals surface area contributed by atoms with E-state index in [-0.39, 0.29) is 31.7 Å². The summed E-state index contributed by atoms with van der Waals surface area (Å²) >= 11 is 0. The Kier molecular flexibility index (Phi) is 26.2. The molecule has 11 nitrogen and oxygen atoms in total. The van der Waals surface area contributed by atoms with E-state index in [1.807, 2.05) is 6.92 Å². The molecule has 0 heterocycles. The van der Waals surface area contributed by atoms with Crippen molar-refractivity contribution in [2.75, 3.05) is 99.1 Å². The zero-order valence-corrected chi connectivity index (χ0v) is 21.5. The highest BCUT2D eigenvalue weighted by molar-refractivity contribution is 5.72. The van der Waals surface area contributed by atoms with Crippen molar-refractivity contribution in [2.45, 2.75) is 39.5 Å². The van der Waals surface area contributed by atoms with Gasteiger partial charge in [-0.2, -0.15) is 0 Å². The average Bonchev–Trinajstić information content (AvgIpc) is 2.84. The van der Waals surface area contributed by atoms with Crippen LogP contribution in [0.4, 0.5) is 0 Å². The lowest BCUT2D eigenvalue weighted by Gasteiger charge is -2.13. The third-order valence-electron chi connectivity index (χ3n) is 4.66. The number of carbonyl (C=O) groups is 2. The van der Waals surface area contributed by atoms with Crippen molar-refractivity contribution in [3.05, 3.63) is 0 Å². The van der Waals surface area contributed by atoms with Crippen molar-refractivity contribution in [3.63, 3.8) is 0 Å². The lowest BCUT2D eigenvalue weighted by molar-refractivity contribution is -0.150. The van der Waals surface area contributed by atoms with Gasteiger partial charge in [0.25, 0.3) is 0 Å². The number of aliphatic carboxylic acids is 1. The van der Waals surface area contributed by atoms with E-state index in [0.717, 1.165) is 25.7 Å². The van der Waals surface area contributed by atoms with Crippen LogP contribution in [-0.4, -0.2) is 116 Å². The van der Waals surface area contributed by atoms with Gasteiger partial charge in [0.15, 0.2) is 0 Å². The number of carboxylic acids is 1. The van der Waals surface area contributed by atoms with Crippen LogP contribution in [0.2, 0.25) is 0 Å². The van der Waals surface area contributed by atoms with E-state index in [2.05, 4.69) is 6.92 Å². The van der Waals surface area contributed by atoms with E-state index in [0.29, 0.717) is 79.3 Å². The van der Waals surface area contributed by atoms with Crippen LogP contribution in [0.15, 0.2) is 0 Å². The monoisotopic (exact) mass is 510 g/mol. The van der Waals surface area contributed by atoms with Crippen LogP contribution in [0, 0.1) is 5.92 Å². The standard InChI is InChI=1S/C24H46O11/c1-3-5-6-22(4-2)24(27)35-20-19-33-16-15-31-12-11-29-8-7-28-9-10-30-13-14-32-17-18-34-21-23(25)26/h22H,3-21H2,1-2H3,(H,25,26). The van der Waals surface area contributed by atoms with Crippen molar-refractivity contribution in [1.82, 2.24) is 0 Å². The Bertz CT molecular complexity index is 476. The van der Waals surface area contributed by atoms with Crippen LogP contribution >= 0.6 is 0 Å². The number of ether oxygens (including phenoxy) is 8. The van der Waals surface area contributed by atoms with Gasteiger partial charge in [-0.1, -0.05) is 26.7 Å². The minimum atomic E-state index is -0.996. The molecule has 0 saturated heterocycles. The molecular weight excluding hydrogens is 464 g/mol. The molecule has 0 bridgehead atoms. The smallest absolute Gasteiger partial charge is 0.329 e. The second-order valence-corrected chi connectivity index (χ2v) is 7.54. The minimum absolute atomic E-state index is 0.00602. The van der Waals surface area contributed by atoms with Gasteiger partial charge < -0.3 is 43.0 Å². The quantitative estimate of drug-likeness (QED) is 0.122. The van der Waals surface area contributed by atoms with E-state index in [1.54, 1.807) is 0 Å².